The second kappa shape index (κ2) is 4.95. The van der Waals surface area contributed by atoms with Crippen molar-refractivity contribution in [2.24, 2.45) is 0 Å². The molecule has 3 rings (SSSR count). The van der Waals surface area contributed by atoms with Crippen molar-refractivity contribution in [2.45, 2.75) is 39.4 Å². The minimum Gasteiger partial charge on any atom is -0.294 e. The molecule has 1 aliphatic rings. The van der Waals surface area contributed by atoms with Crippen LogP contribution in [0, 0.1) is 6.92 Å². The second-order valence-electron chi connectivity index (χ2n) is 7.10. The van der Waals surface area contributed by atoms with Gasteiger partial charge in [-0.2, -0.15) is 0 Å². The third-order valence-electron chi connectivity index (χ3n) is 4.31. The fourth-order valence-corrected chi connectivity index (χ4v) is 4.74. The summed E-state index contributed by atoms with van der Waals surface area (Å²) in [5, 5.41) is 1.33. The first-order chi connectivity index (χ1) is 9.86. The molecule has 108 valence electrons. The molecule has 0 unspecified atom stereocenters. The lowest BCUT2D eigenvalue weighted by Gasteiger charge is -2.22. The molecule has 0 fully saturated rings. The Morgan fingerprint density at radius 3 is 2.19 bits per heavy atom. The summed E-state index contributed by atoms with van der Waals surface area (Å²) in [5.74, 6) is 0.345. The minimum absolute atomic E-state index is 0.345. The highest BCUT2D eigenvalue weighted by atomic mass is 28.3. The van der Waals surface area contributed by atoms with Gasteiger partial charge in [-0.3, -0.25) is 4.79 Å². The van der Waals surface area contributed by atoms with E-state index >= 15 is 0 Å². The molecular formula is C19H22OSi. The Hall–Kier alpha value is -1.67. The van der Waals surface area contributed by atoms with Crippen molar-refractivity contribution >= 4 is 19.0 Å². The Bertz CT molecular complexity index is 706. The molecule has 0 aliphatic heterocycles. The Morgan fingerprint density at radius 2 is 1.57 bits per heavy atom. The number of fused-ring (bicyclic) bond motifs is 1. The number of rotatable bonds is 2. The Morgan fingerprint density at radius 1 is 0.905 bits per heavy atom. The molecule has 1 aliphatic carbocycles. The van der Waals surface area contributed by atoms with Gasteiger partial charge in [-0.15, -0.1) is 0 Å². The molecule has 0 atom stereocenters. The monoisotopic (exact) mass is 294 g/mol. The Kier molecular flexibility index (Phi) is 3.37. The van der Waals surface area contributed by atoms with E-state index in [-0.39, 0.29) is 0 Å². The molecule has 0 N–H and O–H groups in total. The Balaban J connectivity index is 2.21. The van der Waals surface area contributed by atoms with Crippen LogP contribution in [0.3, 0.4) is 0 Å². The molecule has 0 bridgehead atoms. The Labute approximate surface area is 128 Å². The van der Waals surface area contributed by atoms with Gasteiger partial charge in [0.05, 0.1) is 8.07 Å². The zero-order chi connectivity index (χ0) is 15.2. The minimum atomic E-state index is -1.53. The van der Waals surface area contributed by atoms with E-state index in [1.54, 1.807) is 0 Å². The van der Waals surface area contributed by atoms with Crippen LogP contribution in [0.15, 0.2) is 36.4 Å². The van der Waals surface area contributed by atoms with Crippen molar-refractivity contribution < 1.29 is 4.79 Å². The van der Waals surface area contributed by atoms with Gasteiger partial charge in [-0.25, -0.2) is 0 Å². The topological polar surface area (TPSA) is 17.1 Å². The van der Waals surface area contributed by atoms with Crippen LogP contribution < -0.4 is 5.19 Å². The average Bonchev–Trinajstić information content (AvgIpc) is 2.79. The third-order valence-corrected chi connectivity index (χ3v) is 6.32. The first-order valence-corrected chi connectivity index (χ1v) is 11.1. The zero-order valence-corrected chi connectivity index (χ0v) is 14.3. The van der Waals surface area contributed by atoms with Crippen LogP contribution in [0.25, 0.3) is 11.1 Å². The molecule has 0 spiro atoms. The number of carbonyl (C=O) groups excluding carboxylic acids is 1. The molecule has 2 aromatic carbocycles. The first kappa shape index (κ1) is 14.3. The van der Waals surface area contributed by atoms with Gasteiger partial charge in [-0.05, 0) is 35.2 Å². The van der Waals surface area contributed by atoms with Crippen LogP contribution >= 0.6 is 0 Å². The number of hydrogen-bond acceptors (Lipinski definition) is 1. The van der Waals surface area contributed by atoms with Crippen LogP contribution in [-0.2, 0) is 6.42 Å². The number of Topliss-reactive ketones (excluding diaryl/α,β-unsaturated/α-hetero) is 1. The third kappa shape index (κ3) is 2.60. The summed E-state index contributed by atoms with van der Waals surface area (Å²) in [6.07, 6.45) is 1.59. The largest absolute Gasteiger partial charge is 0.294 e. The number of benzene rings is 2. The van der Waals surface area contributed by atoms with E-state index in [4.69, 9.17) is 0 Å². The molecule has 1 nitrogen and oxygen atoms in total. The predicted octanol–water partition coefficient (Wildman–Crippen LogP) is 4.34. The molecule has 0 saturated heterocycles. The van der Waals surface area contributed by atoms with Crippen molar-refractivity contribution in [3.63, 3.8) is 0 Å². The van der Waals surface area contributed by atoms with Gasteiger partial charge in [-0.1, -0.05) is 61.6 Å². The van der Waals surface area contributed by atoms with Crippen molar-refractivity contribution in [3.8, 4) is 11.1 Å². The smallest absolute Gasteiger partial charge is 0.163 e. The molecule has 21 heavy (non-hydrogen) atoms. The van der Waals surface area contributed by atoms with Crippen LogP contribution in [0.2, 0.25) is 19.6 Å². The maximum absolute atomic E-state index is 12.2. The summed E-state index contributed by atoms with van der Waals surface area (Å²) in [4.78, 5) is 12.2. The fraction of sp³-hybridized carbons (Fsp3) is 0.316. The molecule has 0 amide bonds. The zero-order valence-electron chi connectivity index (χ0n) is 13.3. The number of ketones is 1. The first-order valence-electron chi connectivity index (χ1n) is 7.64. The molecule has 0 radical (unpaired) electrons. The quantitative estimate of drug-likeness (QED) is 0.753. The summed E-state index contributed by atoms with van der Waals surface area (Å²) < 4.78 is 0. The van der Waals surface area contributed by atoms with Gasteiger partial charge >= 0.3 is 0 Å². The van der Waals surface area contributed by atoms with E-state index in [0.29, 0.717) is 12.2 Å². The number of hydrogen-bond donors (Lipinski definition) is 0. The van der Waals surface area contributed by atoms with Crippen molar-refractivity contribution in [3.05, 3.63) is 53.1 Å². The summed E-state index contributed by atoms with van der Waals surface area (Å²) in [5.41, 5.74) is 6.10. The number of aryl methyl sites for hydroxylation is 2. The van der Waals surface area contributed by atoms with E-state index in [1.807, 2.05) is 0 Å². The van der Waals surface area contributed by atoms with Crippen LogP contribution in [0.1, 0.15) is 27.9 Å². The van der Waals surface area contributed by atoms with E-state index in [0.717, 1.165) is 12.0 Å². The summed E-state index contributed by atoms with van der Waals surface area (Å²) in [6.45, 7) is 9.09. The van der Waals surface area contributed by atoms with E-state index in [9.17, 15) is 4.79 Å². The summed E-state index contributed by atoms with van der Waals surface area (Å²) >= 11 is 0. The lowest BCUT2D eigenvalue weighted by atomic mass is 9.99. The normalized spacial score (nSPS) is 14.4. The van der Waals surface area contributed by atoms with Crippen LogP contribution in [0.4, 0.5) is 0 Å². The maximum Gasteiger partial charge on any atom is 0.163 e. The lowest BCUT2D eigenvalue weighted by molar-refractivity contribution is 0.0995. The second-order valence-corrected chi connectivity index (χ2v) is 12.1. The molecule has 2 aromatic rings. The average molecular weight is 294 g/mol. The van der Waals surface area contributed by atoms with E-state index in [2.05, 4.69) is 63.0 Å². The molecule has 0 heterocycles. The van der Waals surface area contributed by atoms with Crippen molar-refractivity contribution in [1.82, 2.24) is 0 Å². The lowest BCUT2D eigenvalue weighted by Crippen LogP contribution is -2.41. The van der Waals surface area contributed by atoms with Crippen molar-refractivity contribution in [2.75, 3.05) is 0 Å². The summed E-state index contributed by atoms with van der Waals surface area (Å²) in [7, 11) is -1.53. The van der Waals surface area contributed by atoms with Gasteiger partial charge < -0.3 is 0 Å². The van der Waals surface area contributed by atoms with Gasteiger partial charge in [0, 0.05) is 12.0 Å². The highest BCUT2D eigenvalue weighted by molar-refractivity contribution is 6.89. The summed E-state index contributed by atoms with van der Waals surface area (Å²) in [6, 6.07) is 13.2. The van der Waals surface area contributed by atoms with Gasteiger partial charge in [0.2, 0.25) is 0 Å². The molecule has 0 aromatic heterocycles. The van der Waals surface area contributed by atoms with Crippen LogP contribution in [-0.4, -0.2) is 13.9 Å². The molecule has 0 saturated carbocycles. The van der Waals surface area contributed by atoms with Crippen LogP contribution in [0.5, 0.6) is 0 Å². The van der Waals surface area contributed by atoms with E-state index < -0.39 is 8.07 Å². The highest BCUT2D eigenvalue weighted by Gasteiger charge is 2.30. The van der Waals surface area contributed by atoms with Crippen molar-refractivity contribution in [1.29, 1.82) is 0 Å². The van der Waals surface area contributed by atoms with Gasteiger partial charge in [0.15, 0.2) is 5.78 Å². The van der Waals surface area contributed by atoms with Gasteiger partial charge in [0.25, 0.3) is 0 Å². The molecule has 2 heteroatoms. The maximum atomic E-state index is 12.2. The predicted molar refractivity (Wildman–Crippen MR) is 92.2 cm³/mol. The van der Waals surface area contributed by atoms with E-state index in [1.165, 1.54) is 27.4 Å². The number of carbonyl (C=O) groups is 1. The fourth-order valence-electron chi connectivity index (χ4n) is 3.11. The standard InChI is InChI=1S/C19H22OSi/c1-13-5-7-14(8-6-13)16-11-15-9-10-17(20)19(15)18(12-16)21(2,3)4/h5-8,11-12H,9-10H2,1-4H3. The van der Waals surface area contributed by atoms with Gasteiger partial charge in [0.1, 0.15) is 0 Å². The SMILES string of the molecule is Cc1ccc(-c2cc3c(c([Si](C)(C)C)c2)C(=O)CC3)cc1. The molecular weight excluding hydrogens is 272 g/mol. The highest BCUT2D eigenvalue weighted by Crippen LogP contribution is 2.29.